The van der Waals surface area contributed by atoms with Gasteiger partial charge in [0.05, 0.1) is 0 Å². The van der Waals surface area contributed by atoms with Gasteiger partial charge < -0.3 is 10.1 Å². The number of aryl methyl sites for hydroxylation is 1. The van der Waals surface area contributed by atoms with Crippen molar-refractivity contribution in [2.45, 2.75) is 69.9 Å². The third-order valence-corrected chi connectivity index (χ3v) is 7.51. The second-order valence-electron chi connectivity index (χ2n) is 10.1. The number of thioether (sulfide) groups is 1. The highest BCUT2D eigenvalue weighted by atomic mass is 32.2. The summed E-state index contributed by atoms with van der Waals surface area (Å²) in [6.45, 7) is 8.87. The van der Waals surface area contributed by atoms with Gasteiger partial charge in [0.25, 0.3) is 5.91 Å². The molecule has 0 spiro atoms. The van der Waals surface area contributed by atoms with Crippen molar-refractivity contribution in [1.82, 2.24) is 9.78 Å². The smallest absolute Gasteiger partial charge is 0.257 e. The summed E-state index contributed by atoms with van der Waals surface area (Å²) < 4.78 is 8.01. The van der Waals surface area contributed by atoms with Gasteiger partial charge in [0.15, 0.2) is 5.82 Å². The number of nitrogens with zero attached hydrogens (tertiary/aromatic N) is 2. The minimum atomic E-state index is -0.186. The van der Waals surface area contributed by atoms with Gasteiger partial charge in [0, 0.05) is 35.0 Å². The Balaban J connectivity index is 1.61. The predicted molar refractivity (Wildman–Crippen MR) is 140 cm³/mol. The molecule has 1 fully saturated rings. The molecule has 4 rings (SSSR count). The molecule has 1 heterocycles. The molecule has 3 aromatic rings. The number of hydrogen-bond acceptors (Lipinski definition) is 4. The second kappa shape index (κ2) is 10.3. The molecule has 34 heavy (non-hydrogen) atoms. The standard InChI is InChI=1S/C28H35N3O2S/c1-6-14-28(3,4)18-21-16-20(27(32)29-26-13-15-31(5)30-26)17-25(19(21)2)33-22-7-9-23(10-8-22)34-24-11-12-24/h7-10,13,15-17,24H,6,11-12,14,18H2,1-5H3,(H,29,30,32). The van der Waals surface area contributed by atoms with E-state index in [9.17, 15) is 4.79 Å². The zero-order valence-electron chi connectivity index (χ0n) is 20.9. The molecular weight excluding hydrogens is 442 g/mol. The van der Waals surface area contributed by atoms with Crippen LogP contribution in [-0.2, 0) is 13.5 Å². The summed E-state index contributed by atoms with van der Waals surface area (Å²) in [6.07, 6.45) is 7.56. The summed E-state index contributed by atoms with van der Waals surface area (Å²) in [5.74, 6) is 1.85. The summed E-state index contributed by atoms with van der Waals surface area (Å²) in [5, 5.41) is 7.96. The van der Waals surface area contributed by atoms with E-state index in [0.717, 1.165) is 47.1 Å². The average Bonchev–Trinajstić information content (AvgIpc) is 3.50. The molecule has 0 saturated heterocycles. The van der Waals surface area contributed by atoms with E-state index in [0.29, 0.717) is 11.4 Å². The lowest BCUT2D eigenvalue weighted by Crippen LogP contribution is -2.18. The minimum Gasteiger partial charge on any atom is -0.457 e. The van der Waals surface area contributed by atoms with Crippen molar-refractivity contribution in [1.29, 1.82) is 0 Å². The van der Waals surface area contributed by atoms with Crippen LogP contribution in [0, 0.1) is 12.3 Å². The summed E-state index contributed by atoms with van der Waals surface area (Å²) in [4.78, 5) is 14.4. The number of carbonyl (C=O) groups excluding carboxylic acids is 1. The van der Waals surface area contributed by atoms with Crippen molar-refractivity contribution in [2.24, 2.45) is 12.5 Å². The highest BCUT2D eigenvalue weighted by Crippen LogP contribution is 2.40. The molecule has 1 aliphatic carbocycles. The Morgan fingerprint density at radius 1 is 1.21 bits per heavy atom. The van der Waals surface area contributed by atoms with Gasteiger partial charge in [-0.15, -0.1) is 11.8 Å². The fraction of sp³-hybridized carbons (Fsp3) is 0.429. The van der Waals surface area contributed by atoms with Crippen LogP contribution in [0.15, 0.2) is 53.6 Å². The minimum absolute atomic E-state index is 0.133. The Morgan fingerprint density at radius 2 is 1.94 bits per heavy atom. The fourth-order valence-corrected chi connectivity index (χ4v) is 5.26. The fourth-order valence-electron chi connectivity index (χ4n) is 4.21. The third-order valence-electron chi connectivity index (χ3n) is 6.16. The maximum absolute atomic E-state index is 13.1. The van der Waals surface area contributed by atoms with Crippen molar-refractivity contribution in [3.05, 3.63) is 65.4 Å². The van der Waals surface area contributed by atoms with E-state index in [1.165, 1.54) is 17.7 Å². The number of aromatic nitrogens is 2. The molecule has 180 valence electrons. The number of amides is 1. The van der Waals surface area contributed by atoms with E-state index in [2.05, 4.69) is 50.2 Å². The molecule has 6 heteroatoms. The zero-order valence-corrected chi connectivity index (χ0v) is 21.7. The van der Waals surface area contributed by atoms with E-state index in [1.54, 1.807) is 10.7 Å². The van der Waals surface area contributed by atoms with Crippen molar-refractivity contribution in [3.63, 3.8) is 0 Å². The van der Waals surface area contributed by atoms with Gasteiger partial charge in [-0.2, -0.15) is 5.10 Å². The number of nitrogens with one attached hydrogen (secondary N) is 1. The molecule has 0 bridgehead atoms. The van der Waals surface area contributed by atoms with E-state index >= 15 is 0 Å². The lowest BCUT2D eigenvalue weighted by atomic mass is 9.80. The first-order valence-corrected chi connectivity index (χ1v) is 13.0. The van der Waals surface area contributed by atoms with Crippen LogP contribution in [0.25, 0.3) is 0 Å². The van der Waals surface area contributed by atoms with E-state index in [4.69, 9.17) is 4.74 Å². The molecule has 0 atom stereocenters. The van der Waals surface area contributed by atoms with Gasteiger partial charge in [-0.1, -0.05) is 27.2 Å². The Morgan fingerprint density at radius 3 is 2.56 bits per heavy atom. The van der Waals surface area contributed by atoms with Gasteiger partial charge in [-0.05, 0) is 85.5 Å². The summed E-state index contributed by atoms with van der Waals surface area (Å²) in [7, 11) is 1.83. The molecule has 2 aromatic carbocycles. The first kappa shape index (κ1) is 24.4. The van der Waals surface area contributed by atoms with Crippen LogP contribution >= 0.6 is 11.8 Å². The Labute approximate surface area is 207 Å². The van der Waals surface area contributed by atoms with Gasteiger partial charge >= 0.3 is 0 Å². The van der Waals surface area contributed by atoms with Crippen LogP contribution in [0.2, 0.25) is 0 Å². The molecule has 1 aliphatic rings. The highest BCUT2D eigenvalue weighted by Gasteiger charge is 2.23. The number of ether oxygens (including phenoxy) is 1. The molecule has 1 saturated carbocycles. The van der Waals surface area contributed by atoms with Crippen LogP contribution in [0.1, 0.15) is 67.9 Å². The summed E-state index contributed by atoms with van der Waals surface area (Å²) >= 11 is 1.93. The lowest BCUT2D eigenvalue weighted by molar-refractivity contribution is 0.102. The van der Waals surface area contributed by atoms with E-state index in [-0.39, 0.29) is 11.3 Å². The SMILES string of the molecule is CCCC(C)(C)Cc1cc(C(=O)Nc2ccn(C)n2)cc(Oc2ccc(SC3CC3)cc2)c1C. The van der Waals surface area contributed by atoms with Crippen LogP contribution in [0.5, 0.6) is 11.5 Å². The Bertz CT molecular complexity index is 1150. The maximum Gasteiger partial charge on any atom is 0.257 e. The van der Waals surface area contributed by atoms with E-state index in [1.807, 2.05) is 49.3 Å². The number of benzene rings is 2. The van der Waals surface area contributed by atoms with Gasteiger partial charge in [0.2, 0.25) is 0 Å². The van der Waals surface area contributed by atoms with E-state index < -0.39 is 0 Å². The molecule has 0 unspecified atom stereocenters. The number of hydrogen-bond donors (Lipinski definition) is 1. The van der Waals surface area contributed by atoms with Gasteiger partial charge in [-0.3, -0.25) is 9.48 Å². The number of rotatable bonds is 10. The Kier molecular flexibility index (Phi) is 7.36. The average molecular weight is 478 g/mol. The lowest BCUT2D eigenvalue weighted by Gasteiger charge is -2.26. The number of carbonyl (C=O) groups is 1. The van der Waals surface area contributed by atoms with Crippen molar-refractivity contribution < 1.29 is 9.53 Å². The van der Waals surface area contributed by atoms with Crippen LogP contribution in [0.4, 0.5) is 5.82 Å². The van der Waals surface area contributed by atoms with Gasteiger partial charge in [0.1, 0.15) is 11.5 Å². The molecule has 0 aliphatic heterocycles. The van der Waals surface area contributed by atoms with Crippen LogP contribution < -0.4 is 10.1 Å². The molecule has 5 nitrogen and oxygen atoms in total. The quantitative estimate of drug-likeness (QED) is 0.331. The summed E-state index contributed by atoms with van der Waals surface area (Å²) in [6, 6.07) is 13.9. The zero-order chi connectivity index (χ0) is 24.3. The molecule has 1 N–H and O–H groups in total. The molecule has 1 amide bonds. The second-order valence-corrected chi connectivity index (χ2v) is 11.4. The van der Waals surface area contributed by atoms with Crippen molar-refractivity contribution in [2.75, 3.05) is 5.32 Å². The van der Waals surface area contributed by atoms with Crippen LogP contribution in [0.3, 0.4) is 0 Å². The van der Waals surface area contributed by atoms with Gasteiger partial charge in [-0.25, -0.2) is 0 Å². The molecular formula is C28H35N3O2S. The highest BCUT2D eigenvalue weighted by molar-refractivity contribution is 8.00. The third kappa shape index (κ3) is 6.44. The first-order chi connectivity index (χ1) is 16.2. The molecule has 0 radical (unpaired) electrons. The van der Waals surface area contributed by atoms with Crippen LogP contribution in [-0.4, -0.2) is 20.9 Å². The maximum atomic E-state index is 13.1. The number of anilines is 1. The monoisotopic (exact) mass is 477 g/mol. The first-order valence-electron chi connectivity index (χ1n) is 12.1. The topological polar surface area (TPSA) is 56.2 Å². The predicted octanol–water partition coefficient (Wildman–Crippen LogP) is 7.40. The van der Waals surface area contributed by atoms with Crippen molar-refractivity contribution in [3.8, 4) is 11.5 Å². The van der Waals surface area contributed by atoms with Crippen molar-refractivity contribution >= 4 is 23.5 Å². The normalized spacial score (nSPS) is 13.7. The summed E-state index contributed by atoms with van der Waals surface area (Å²) in [5.41, 5.74) is 2.93. The molecule has 1 aromatic heterocycles. The largest absolute Gasteiger partial charge is 0.457 e. The Hall–Kier alpha value is -2.73.